The highest BCUT2D eigenvalue weighted by atomic mass is 19.1. The Hall–Kier alpha value is -2.35. The van der Waals surface area contributed by atoms with Crippen LogP contribution in [0.15, 0.2) is 36.0 Å². The van der Waals surface area contributed by atoms with Crippen molar-refractivity contribution in [3.63, 3.8) is 0 Å². The third kappa shape index (κ3) is 6.96. The van der Waals surface area contributed by atoms with Crippen molar-refractivity contribution in [1.82, 2.24) is 4.90 Å². The average Bonchev–Trinajstić information content (AvgIpc) is 2.56. The number of carbonyl (C=O) groups is 1. The van der Waals surface area contributed by atoms with E-state index in [1.807, 2.05) is 11.0 Å². The van der Waals surface area contributed by atoms with Crippen molar-refractivity contribution in [3.05, 3.63) is 41.9 Å². The first kappa shape index (κ1) is 18.7. The van der Waals surface area contributed by atoms with E-state index >= 15 is 0 Å². The van der Waals surface area contributed by atoms with Gasteiger partial charge >= 0.3 is 0 Å². The second-order valence-electron chi connectivity index (χ2n) is 5.36. The Labute approximate surface area is 137 Å². The molecule has 0 radical (unpaired) electrons. The molecule has 1 aromatic rings. The Bertz CT molecular complexity index is 553. The molecule has 0 aliphatic carbocycles. The summed E-state index contributed by atoms with van der Waals surface area (Å²) in [5.74, 6) is -0.846. The Morgan fingerprint density at radius 1 is 1.22 bits per heavy atom. The molecule has 23 heavy (non-hydrogen) atoms. The first-order valence-electron chi connectivity index (χ1n) is 8.03. The molecule has 1 N–H and O–H groups in total. The molecule has 0 atom stereocenters. The fourth-order valence-electron chi connectivity index (χ4n) is 2.02. The van der Waals surface area contributed by atoms with Gasteiger partial charge in [0.1, 0.15) is 17.5 Å². The fourth-order valence-corrected chi connectivity index (χ4v) is 2.02. The summed E-state index contributed by atoms with van der Waals surface area (Å²) in [4.78, 5) is 14.2. The van der Waals surface area contributed by atoms with E-state index in [1.165, 1.54) is 24.3 Å². The summed E-state index contributed by atoms with van der Waals surface area (Å²) in [6.45, 7) is 5.86. The van der Waals surface area contributed by atoms with Gasteiger partial charge in [-0.1, -0.05) is 26.7 Å². The van der Waals surface area contributed by atoms with Gasteiger partial charge in [0, 0.05) is 25.0 Å². The van der Waals surface area contributed by atoms with Crippen LogP contribution in [0.2, 0.25) is 0 Å². The zero-order valence-corrected chi connectivity index (χ0v) is 13.8. The van der Waals surface area contributed by atoms with Crippen LogP contribution < -0.4 is 5.32 Å². The smallest absolute Gasteiger partial charge is 0.267 e. The van der Waals surface area contributed by atoms with E-state index in [1.54, 1.807) is 6.20 Å². The Morgan fingerprint density at radius 2 is 1.78 bits per heavy atom. The number of hydrogen-bond acceptors (Lipinski definition) is 3. The monoisotopic (exact) mass is 317 g/mol. The Balaban J connectivity index is 2.78. The molecule has 5 heteroatoms. The highest BCUT2D eigenvalue weighted by molar-refractivity contribution is 6.06. The quantitative estimate of drug-likeness (QED) is 0.551. The number of rotatable bonds is 9. The van der Waals surface area contributed by atoms with Crippen LogP contribution in [0.1, 0.15) is 39.5 Å². The van der Waals surface area contributed by atoms with E-state index < -0.39 is 5.91 Å². The third-order valence-electron chi connectivity index (χ3n) is 3.38. The lowest BCUT2D eigenvalue weighted by Crippen LogP contribution is -2.23. The molecule has 0 unspecified atom stereocenters. The number of amides is 1. The van der Waals surface area contributed by atoms with Crippen LogP contribution >= 0.6 is 0 Å². The molecule has 0 saturated heterocycles. The van der Waals surface area contributed by atoms with Crippen LogP contribution in [0.25, 0.3) is 0 Å². The van der Waals surface area contributed by atoms with Gasteiger partial charge in [-0.05, 0) is 37.1 Å². The topological polar surface area (TPSA) is 56.1 Å². The maximum atomic E-state index is 12.9. The highest BCUT2D eigenvalue weighted by Crippen LogP contribution is 2.11. The van der Waals surface area contributed by atoms with Crippen molar-refractivity contribution in [3.8, 4) is 6.07 Å². The summed E-state index contributed by atoms with van der Waals surface area (Å²) in [6, 6.07) is 7.41. The van der Waals surface area contributed by atoms with Crippen molar-refractivity contribution in [2.45, 2.75) is 39.5 Å². The van der Waals surface area contributed by atoms with E-state index in [4.69, 9.17) is 0 Å². The van der Waals surface area contributed by atoms with Gasteiger partial charge in [0.2, 0.25) is 0 Å². The number of carbonyl (C=O) groups excluding carboxylic acids is 1. The van der Waals surface area contributed by atoms with Crippen LogP contribution in [0, 0.1) is 17.1 Å². The number of benzene rings is 1. The largest absolute Gasteiger partial charge is 0.376 e. The highest BCUT2D eigenvalue weighted by Gasteiger charge is 2.11. The second kappa shape index (κ2) is 10.4. The maximum absolute atomic E-state index is 12.9. The Morgan fingerprint density at radius 3 is 2.26 bits per heavy atom. The van der Waals surface area contributed by atoms with Crippen LogP contribution in [-0.2, 0) is 4.79 Å². The molecule has 0 saturated carbocycles. The van der Waals surface area contributed by atoms with Gasteiger partial charge in [0.25, 0.3) is 5.91 Å². The fraction of sp³-hybridized carbons (Fsp3) is 0.444. The van der Waals surface area contributed by atoms with Gasteiger partial charge in [-0.3, -0.25) is 4.79 Å². The number of hydrogen-bond donors (Lipinski definition) is 1. The van der Waals surface area contributed by atoms with Crippen LogP contribution in [-0.4, -0.2) is 23.9 Å². The van der Waals surface area contributed by atoms with E-state index in [2.05, 4.69) is 19.2 Å². The summed E-state index contributed by atoms with van der Waals surface area (Å²) in [7, 11) is 0. The summed E-state index contributed by atoms with van der Waals surface area (Å²) in [6.07, 6.45) is 5.77. The first-order valence-corrected chi connectivity index (χ1v) is 8.03. The van der Waals surface area contributed by atoms with Crippen molar-refractivity contribution in [1.29, 1.82) is 5.26 Å². The number of nitrogens with one attached hydrogen (secondary N) is 1. The molecule has 0 aliphatic heterocycles. The van der Waals surface area contributed by atoms with Gasteiger partial charge in [-0.2, -0.15) is 5.26 Å². The summed E-state index contributed by atoms with van der Waals surface area (Å²) < 4.78 is 12.9. The normalized spacial score (nSPS) is 11.0. The molecule has 0 bridgehead atoms. The number of anilines is 1. The van der Waals surface area contributed by atoms with E-state index in [-0.39, 0.29) is 11.4 Å². The van der Waals surface area contributed by atoms with Crippen LogP contribution in [0.3, 0.4) is 0 Å². The van der Waals surface area contributed by atoms with Gasteiger partial charge in [-0.15, -0.1) is 0 Å². The minimum atomic E-state index is -0.475. The molecular weight excluding hydrogens is 293 g/mol. The molecule has 0 aliphatic rings. The molecule has 0 heterocycles. The van der Waals surface area contributed by atoms with Crippen LogP contribution in [0.4, 0.5) is 10.1 Å². The van der Waals surface area contributed by atoms with Gasteiger partial charge in [0.15, 0.2) is 0 Å². The number of nitriles is 1. The molecule has 0 aromatic heterocycles. The lowest BCUT2D eigenvalue weighted by atomic mass is 10.2. The average molecular weight is 317 g/mol. The van der Waals surface area contributed by atoms with E-state index in [0.717, 1.165) is 38.8 Å². The van der Waals surface area contributed by atoms with E-state index in [0.29, 0.717) is 5.69 Å². The molecule has 1 aromatic carbocycles. The second-order valence-corrected chi connectivity index (χ2v) is 5.36. The van der Waals surface area contributed by atoms with Gasteiger partial charge in [-0.25, -0.2) is 4.39 Å². The minimum Gasteiger partial charge on any atom is -0.376 e. The first-order chi connectivity index (χ1) is 11.1. The summed E-state index contributed by atoms with van der Waals surface area (Å²) >= 11 is 0. The maximum Gasteiger partial charge on any atom is 0.267 e. The molecule has 1 amide bonds. The summed E-state index contributed by atoms with van der Waals surface area (Å²) in [5.41, 5.74) is 0.521. The SMILES string of the molecule is CCCCN(/C=C(/C#N)C(=O)Nc1ccc(F)cc1)CCCC. The van der Waals surface area contributed by atoms with Gasteiger partial charge < -0.3 is 10.2 Å². The number of halogens is 1. The van der Waals surface area contributed by atoms with Gasteiger partial charge in [0.05, 0.1) is 0 Å². The number of unbranched alkanes of at least 4 members (excludes halogenated alkanes) is 2. The number of nitrogens with zero attached hydrogens (tertiary/aromatic N) is 2. The van der Waals surface area contributed by atoms with Crippen LogP contribution in [0.5, 0.6) is 0 Å². The Kier molecular flexibility index (Phi) is 8.45. The van der Waals surface area contributed by atoms with Crippen molar-refractivity contribution >= 4 is 11.6 Å². The van der Waals surface area contributed by atoms with Crippen molar-refractivity contribution in [2.24, 2.45) is 0 Å². The molecule has 0 spiro atoms. The molecular formula is C18H24FN3O. The van der Waals surface area contributed by atoms with E-state index in [9.17, 15) is 14.4 Å². The van der Waals surface area contributed by atoms with Crippen molar-refractivity contribution in [2.75, 3.05) is 18.4 Å². The van der Waals surface area contributed by atoms with Crippen molar-refractivity contribution < 1.29 is 9.18 Å². The third-order valence-corrected chi connectivity index (χ3v) is 3.38. The summed E-state index contributed by atoms with van der Waals surface area (Å²) in [5, 5.41) is 11.9. The lowest BCUT2D eigenvalue weighted by molar-refractivity contribution is -0.112. The molecule has 1 rings (SSSR count). The zero-order chi connectivity index (χ0) is 17.1. The molecule has 0 fully saturated rings. The molecule has 124 valence electrons. The predicted molar refractivity (Wildman–Crippen MR) is 90.1 cm³/mol. The minimum absolute atomic E-state index is 0.0570. The zero-order valence-electron chi connectivity index (χ0n) is 13.8. The lowest BCUT2D eigenvalue weighted by Gasteiger charge is -2.20. The standard InChI is InChI=1S/C18H24FN3O/c1-3-5-11-22(12-6-4-2)14-15(13-20)18(23)21-17-9-7-16(19)8-10-17/h7-10,14H,3-6,11-12H2,1-2H3,(H,21,23)/b15-14-. The molecule has 4 nitrogen and oxygen atoms in total. The predicted octanol–water partition coefficient (Wildman–Crippen LogP) is 4.07.